The Hall–Kier alpha value is -2.81. The largest absolute Gasteiger partial charge is 0.491 e. The van der Waals surface area contributed by atoms with Crippen LogP contribution in [0.2, 0.25) is 0 Å². The van der Waals surface area contributed by atoms with E-state index in [1.165, 1.54) is 11.1 Å². The van der Waals surface area contributed by atoms with Crippen molar-refractivity contribution in [2.75, 3.05) is 0 Å². The van der Waals surface area contributed by atoms with Crippen LogP contribution in [0.1, 0.15) is 69.6 Å². The van der Waals surface area contributed by atoms with Crippen LogP contribution in [-0.2, 0) is 6.42 Å². The maximum absolute atomic E-state index is 13.5. The molecule has 32 heavy (non-hydrogen) atoms. The van der Waals surface area contributed by atoms with Gasteiger partial charge in [0.2, 0.25) is 0 Å². The molecular formula is C29H35FO2. The Morgan fingerprint density at radius 3 is 1.59 bits per heavy atom. The van der Waals surface area contributed by atoms with E-state index in [1.807, 2.05) is 52.0 Å². The summed E-state index contributed by atoms with van der Waals surface area (Å²) in [4.78, 5) is 0. The molecule has 1 atom stereocenters. The number of ether oxygens (including phenoxy) is 2. The van der Waals surface area contributed by atoms with Gasteiger partial charge in [0.25, 0.3) is 0 Å². The van der Waals surface area contributed by atoms with Crippen LogP contribution in [0.25, 0.3) is 0 Å². The van der Waals surface area contributed by atoms with Crippen LogP contribution < -0.4 is 9.47 Å². The number of hydrogen-bond donors (Lipinski definition) is 0. The summed E-state index contributed by atoms with van der Waals surface area (Å²) >= 11 is 0. The van der Waals surface area contributed by atoms with E-state index in [2.05, 4.69) is 36.4 Å². The minimum absolute atomic E-state index is 0.153. The minimum Gasteiger partial charge on any atom is -0.491 e. The molecule has 0 spiro atoms. The lowest BCUT2D eigenvalue weighted by atomic mass is 9.86. The number of aryl methyl sites for hydroxylation is 1. The summed E-state index contributed by atoms with van der Waals surface area (Å²) < 4.78 is 25.0. The topological polar surface area (TPSA) is 18.5 Å². The quantitative estimate of drug-likeness (QED) is 0.285. The Labute approximate surface area is 192 Å². The van der Waals surface area contributed by atoms with Gasteiger partial charge in [-0.15, -0.1) is 0 Å². The molecule has 0 bridgehead atoms. The number of unbranched alkanes of at least 4 members (excludes halogenated alkanes) is 1. The summed E-state index contributed by atoms with van der Waals surface area (Å²) in [7, 11) is 0. The zero-order valence-corrected chi connectivity index (χ0v) is 19.7. The third-order valence-electron chi connectivity index (χ3n) is 5.43. The first kappa shape index (κ1) is 23.8. The summed E-state index contributed by atoms with van der Waals surface area (Å²) in [5.41, 5.74) is 3.72. The summed E-state index contributed by atoms with van der Waals surface area (Å²) in [5, 5.41) is 0. The summed E-state index contributed by atoms with van der Waals surface area (Å²) in [6.45, 7) is 8.13. The zero-order chi connectivity index (χ0) is 22.9. The van der Waals surface area contributed by atoms with E-state index in [-0.39, 0.29) is 23.9 Å². The molecule has 2 nitrogen and oxygen atoms in total. The highest BCUT2D eigenvalue weighted by Crippen LogP contribution is 2.31. The highest BCUT2D eigenvalue weighted by molar-refractivity contribution is 5.36. The van der Waals surface area contributed by atoms with Gasteiger partial charge in [-0.2, -0.15) is 0 Å². The molecule has 0 aromatic heterocycles. The minimum atomic E-state index is -0.196. The lowest BCUT2D eigenvalue weighted by Crippen LogP contribution is -2.06. The third kappa shape index (κ3) is 7.40. The van der Waals surface area contributed by atoms with E-state index >= 15 is 0 Å². The van der Waals surface area contributed by atoms with Crippen molar-refractivity contribution in [3.8, 4) is 11.5 Å². The van der Waals surface area contributed by atoms with Gasteiger partial charge in [0, 0.05) is 5.92 Å². The molecule has 3 rings (SSSR count). The number of halogens is 1. The third-order valence-corrected chi connectivity index (χ3v) is 5.43. The molecule has 0 radical (unpaired) electrons. The summed E-state index contributed by atoms with van der Waals surface area (Å²) in [6, 6.07) is 23.7. The maximum atomic E-state index is 13.5. The van der Waals surface area contributed by atoms with Crippen molar-refractivity contribution in [3.05, 3.63) is 95.3 Å². The van der Waals surface area contributed by atoms with Crippen molar-refractivity contribution in [2.45, 2.75) is 71.5 Å². The van der Waals surface area contributed by atoms with Crippen LogP contribution in [0.3, 0.4) is 0 Å². The van der Waals surface area contributed by atoms with Gasteiger partial charge in [0.05, 0.1) is 12.2 Å². The van der Waals surface area contributed by atoms with Crippen LogP contribution >= 0.6 is 0 Å². The van der Waals surface area contributed by atoms with Gasteiger partial charge in [-0.25, -0.2) is 4.39 Å². The Bertz CT molecular complexity index is 928. The lowest BCUT2D eigenvalue weighted by Gasteiger charge is -2.19. The van der Waals surface area contributed by atoms with Gasteiger partial charge in [0.15, 0.2) is 0 Å². The number of benzene rings is 3. The van der Waals surface area contributed by atoms with Crippen molar-refractivity contribution in [1.82, 2.24) is 0 Å². The Kier molecular flexibility index (Phi) is 8.72. The van der Waals surface area contributed by atoms with Crippen LogP contribution in [0.5, 0.6) is 11.5 Å². The fraction of sp³-hybridized carbons (Fsp3) is 0.379. The fourth-order valence-corrected chi connectivity index (χ4v) is 3.96. The highest BCUT2D eigenvalue weighted by atomic mass is 19.1. The van der Waals surface area contributed by atoms with Gasteiger partial charge in [-0.3, -0.25) is 0 Å². The summed E-state index contributed by atoms with van der Waals surface area (Å²) in [6.07, 6.45) is 4.60. The van der Waals surface area contributed by atoms with Crippen molar-refractivity contribution in [3.63, 3.8) is 0 Å². The maximum Gasteiger partial charge on any atom is 0.123 e. The Morgan fingerprint density at radius 2 is 1.09 bits per heavy atom. The van der Waals surface area contributed by atoms with Crippen molar-refractivity contribution in [1.29, 1.82) is 0 Å². The molecule has 0 aliphatic heterocycles. The van der Waals surface area contributed by atoms with Crippen LogP contribution in [0, 0.1) is 5.82 Å². The van der Waals surface area contributed by atoms with E-state index in [0.717, 1.165) is 42.7 Å². The second-order valence-corrected chi connectivity index (χ2v) is 8.90. The predicted octanol–water partition coefficient (Wildman–Crippen LogP) is 7.95. The fourth-order valence-electron chi connectivity index (χ4n) is 3.96. The monoisotopic (exact) mass is 434 g/mol. The molecule has 0 aliphatic rings. The zero-order valence-electron chi connectivity index (χ0n) is 19.7. The standard InChI is InChI=1S/C29H35FO2/c1-21(2)31-27-17-9-23(10-18-27)7-5-6-8-29(24-11-15-26(30)16-12-24)25-13-19-28(20-14-25)32-22(3)4/h9-22,29H,5-8H2,1-4H3/t29-/m1/s1. The average molecular weight is 435 g/mol. The molecule has 3 aromatic carbocycles. The van der Waals surface area contributed by atoms with Crippen molar-refractivity contribution >= 4 is 0 Å². The molecule has 0 heterocycles. The predicted molar refractivity (Wildman–Crippen MR) is 130 cm³/mol. The molecule has 0 saturated carbocycles. The molecule has 3 heteroatoms. The normalized spacial score (nSPS) is 12.2. The second-order valence-electron chi connectivity index (χ2n) is 8.90. The first-order valence-electron chi connectivity index (χ1n) is 11.7. The molecule has 0 unspecified atom stereocenters. The van der Waals surface area contributed by atoms with E-state index < -0.39 is 0 Å². The van der Waals surface area contributed by atoms with Gasteiger partial charge in [-0.05, 0) is 100 Å². The number of hydrogen-bond acceptors (Lipinski definition) is 2. The Balaban J connectivity index is 1.62. The first-order chi connectivity index (χ1) is 15.4. The lowest BCUT2D eigenvalue weighted by molar-refractivity contribution is 0.242. The van der Waals surface area contributed by atoms with E-state index in [9.17, 15) is 4.39 Å². The van der Waals surface area contributed by atoms with Gasteiger partial charge in [0.1, 0.15) is 17.3 Å². The molecule has 0 saturated heterocycles. The van der Waals surface area contributed by atoms with Gasteiger partial charge < -0.3 is 9.47 Å². The molecule has 0 fully saturated rings. The number of rotatable bonds is 11. The van der Waals surface area contributed by atoms with Crippen LogP contribution in [0.4, 0.5) is 4.39 Å². The van der Waals surface area contributed by atoms with E-state index in [1.54, 1.807) is 12.1 Å². The molecule has 3 aromatic rings. The SMILES string of the molecule is CC(C)Oc1ccc(CCCC[C@H](c2ccc(F)cc2)c2ccc(OC(C)C)cc2)cc1. The molecule has 0 N–H and O–H groups in total. The Morgan fingerprint density at radius 1 is 0.625 bits per heavy atom. The molecule has 0 amide bonds. The van der Waals surface area contributed by atoms with E-state index in [4.69, 9.17) is 9.47 Å². The summed E-state index contributed by atoms with van der Waals surface area (Å²) in [5.74, 6) is 1.85. The molecule has 170 valence electrons. The highest BCUT2D eigenvalue weighted by Gasteiger charge is 2.15. The smallest absolute Gasteiger partial charge is 0.123 e. The molecular weight excluding hydrogens is 399 g/mol. The van der Waals surface area contributed by atoms with Crippen molar-refractivity contribution < 1.29 is 13.9 Å². The van der Waals surface area contributed by atoms with Crippen LogP contribution in [-0.4, -0.2) is 12.2 Å². The van der Waals surface area contributed by atoms with Gasteiger partial charge in [-0.1, -0.05) is 42.8 Å². The second kappa shape index (κ2) is 11.7. The van der Waals surface area contributed by atoms with Crippen LogP contribution in [0.15, 0.2) is 72.8 Å². The average Bonchev–Trinajstić information content (AvgIpc) is 2.76. The first-order valence-corrected chi connectivity index (χ1v) is 11.7. The van der Waals surface area contributed by atoms with Crippen molar-refractivity contribution in [2.24, 2.45) is 0 Å². The van der Waals surface area contributed by atoms with E-state index in [0.29, 0.717) is 0 Å². The van der Waals surface area contributed by atoms with Gasteiger partial charge >= 0.3 is 0 Å². The molecule has 0 aliphatic carbocycles.